The van der Waals surface area contributed by atoms with Crippen molar-refractivity contribution in [1.82, 2.24) is 4.90 Å². The van der Waals surface area contributed by atoms with Crippen LogP contribution < -0.4 is 4.74 Å². The summed E-state index contributed by atoms with van der Waals surface area (Å²) in [5.74, 6) is 2.14. The first-order valence-electron chi connectivity index (χ1n) is 9.73. The summed E-state index contributed by atoms with van der Waals surface area (Å²) < 4.78 is 11.6. The molecule has 0 spiro atoms. The molecule has 0 bridgehead atoms. The Morgan fingerprint density at radius 3 is 2.36 bits per heavy atom. The van der Waals surface area contributed by atoms with Crippen LogP contribution in [0.15, 0.2) is 65.1 Å². The van der Waals surface area contributed by atoms with E-state index in [1.54, 1.807) is 21.0 Å². The van der Waals surface area contributed by atoms with E-state index in [0.29, 0.717) is 29.5 Å². The molecule has 4 heteroatoms. The van der Waals surface area contributed by atoms with Gasteiger partial charge >= 0.3 is 0 Å². The van der Waals surface area contributed by atoms with Gasteiger partial charge in [0.25, 0.3) is 0 Å². The highest BCUT2D eigenvalue weighted by molar-refractivity contribution is 5.35. The molecule has 152 valence electrons. The maximum atomic E-state index is 11.0. The molecule has 1 aromatic heterocycles. The largest absolute Gasteiger partial charge is 0.496 e. The third kappa shape index (κ3) is 4.57. The van der Waals surface area contributed by atoms with Crippen LogP contribution in [0.1, 0.15) is 51.2 Å². The summed E-state index contributed by atoms with van der Waals surface area (Å²) in [6.07, 6.45) is 1.02. The van der Waals surface area contributed by atoms with Gasteiger partial charge in [0.05, 0.1) is 13.7 Å². The van der Waals surface area contributed by atoms with Crippen LogP contribution in [0.4, 0.5) is 0 Å². The van der Waals surface area contributed by atoms with Gasteiger partial charge in [-0.15, -0.1) is 0 Å². The fraction of sp³-hybridized carbons (Fsp3) is 0.417. The van der Waals surface area contributed by atoms with Crippen LogP contribution in [0.25, 0.3) is 0 Å². The predicted molar refractivity (Wildman–Crippen MR) is 114 cm³/mol. The van der Waals surface area contributed by atoms with E-state index in [-0.39, 0.29) is 0 Å². The van der Waals surface area contributed by atoms with Gasteiger partial charge in [0.1, 0.15) is 17.3 Å². The molecule has 1 atom stereocenters. The molecular formula is C24H33NO3. The van der Waals surface area contributed by atoms with Gasteiger partial charge in [-0.3, -0.25) is 4.90 Å². The van der Waals surface area contributed by atoms with Gasteiger partial charge in [0, 0.05) is 18.2 Å². The van der Waals surface area contributed by atoms with Gasteiger partial charge in [-0.2, -0.15) is 0 Å². The molecule has 2 aromatic rings. The van der Waals surface area contributed by atoms with Crippen molar-refractivity contribution in [2.45, 2.75) is 58.8 Å². The molecule has 0 amide bonds. The summed E-state index contributed by atoms with van der Waals surface area (Å²) in [5.41, 5.74) is 0.974. The zero-order valence-electron chi connectivity index (χ0n) is 17.8. The van der Waals surface area contributed by atoms with Crippen molar-refractivity contribution in [3.63, 3.8) is 0 Å². The Kier molecular flexibility index (Phi) is 7.28. The maximum Gasteiger partial charge on any atom is 0.163 e. The predicted octanol–water partition coefficient (Wildman–Crippen LogP) is 5.43. The molecule has 0 saturated heterocycles. The Morgan fingerprint density at radius 1 is 1.14 bits per heavy atom. The molecule has 0 saturated carbocycles. The number of nitrogens with zero attached hydrogens (tertiary/aromatic N) is 1. The molecule has 0 unspecified atom stereocenters. The number of ether oxygens (including phenoxy) is 1. The first-order valence-corrected chi connectivity index (χ1v) is 9.73. The number of hydrogen-bond donors (Lipinski definition) is 1. The van der Waals surface area contributed by atoms with Crippen LogP contribution in [0.2, 0.25) is 0 Å². The van der Waals surface area contributed by atoms with Crippen molar-refractivity contribution < 1.29 is 14.3 Å². The summed E-state index contributed by atoms with van der Waals surface area (Å²) in [5, 5.41) is 11.0. The van der Waals surface area contributed by atoms with E-state index in [9.17, 15) is 5.11 Å². The average molecular weight is 384 g/mol. The van der Waals surface area contributed by atoms with Crippen LogP contribution >= 0.6 is 0 Å². The summed E-state index contributed by atoms with van der Waals surface area (Å²) in [7, 11) is 1.70. The fourth-order valence-corrected chi connectivity index (χ4v) is 3.32. The minimum absolute atomic E-state index is 0.361. The molecule has 0 radical (unpaired) electrons. The van der Waals surface area contributed by atoms with E-state index >= 15 is 0 Å². The molecule has 1 N–H and O–H groups in total. The minimum atomic E-state index is -1.35. The number of hydrogen-bond acceptors (Lipinski definition) is 4. The van der Waals surface area contributed by atoms with Gasteiger partial charge in [-0.05, 0) is 56.5 Å². The number of methoxy groups -OCH3 is 1. The molecule has 0 aliphatic heterocycles. The van der Waals surface area contributed by atoms with Crippen LogP contribution in [0, 0.1) is 0 Å². The molecule has 1 heterocycles. The summed E-state index contributed by atoms with van der Waals surface area (Å²) in [6, 6.07) is 12.2. The van der Waals surface area contributed by atoms with Crippen molar-refractivity contribution in [3.05, 3.63) is 77.8 Å². The lowest BCUT2D eigenvalue weighted by molar-refractivity contribution is 0.0863. The Balaban J connectivity index is 2.28. The lowest BCUT2D eigenvalue weighted by Crippen LogP contribution is -2.31. The van der Waals surface area contributed by atoms with Crippen LogP contribution in [-0.4, -0.2) is 23.2 Å². The third-order valence-electron chi connectivity index (χ3n) is 5.39. The number of aliphatic hydroxyl groups is 1. The average Bonchev–Trinajstić information content (AvgIpc) is 3.15. The van der Waals surface area contributed by atoms with Gasteiger partial charge < -0.3 is 14.3 Å². The monoisotopic (exact) mass is 383 g/mol. The summed E-state index contributed by atoms with van der Waals surface area (Å²) in [4.78, 5) is 2.35. The van der Waals surface area contributed by atoms with Crippen molar-refractivity contribution in [3.8, 4) is 5.75 Å². The molecule has 0 aliphatic carbocycles. The summed E-state index contributed by atoms with van der Waals surface area (Å²) in [6.45, 7) is 17.2. The first kappa shape index (κ1) is 22.0. The van der Waals surface area contributed by atoms with E-state index in [2.05, 4.69) is 38.0 Å². The molecule has 0 fully saturated rings. The molecule has 1 aromatic carbocycles. The van der Waals surface area contributed by atoms with Crippen LogP contribution in [0.5, 0.6) is 5.75 Å². The quantitative estimate of drug-likeness (QED) is 0.556. The molecule has 2 rings (SSSR count). The minimum Gasteiger partial charge on any atom is -0.496 e. The second-order valence-corrected chi connectivity index (χ2v) is 7.51. The van der Waals surface area contributed by atoms with E-state index in [0.717, 1.165) is 30.0 Å². The lowest BCUT2D eigenvalue weighted by atomic mass is 9.87. The summed E-state index contributed by atoms with van der Waals surface area (Å²) >= 11 is 0. The van der Waals surface area contributed by atoms with Crippen molar-refractivity contribution in [2.75, 3.05) is 7.11 Å². The first-order chi connectivity index (χ1) is 13.2. The van der Waals surface area contributed by atoms with Crippen LogP contribution in [-0.2, 0) is 18.7 Å². The Labute approximate surface area is 169 Å². The van der Waals surface area contributed by atoms with Crippen molar-refractivity contribution in [1.29, 1.82) is 0 Å². The highest BCUT2D eigenvalue weighted by atomic mass is 16.5. The second-order valence-electron chi connectivity index (χ2n) is 7.51. The van der Waals surface area contributed by atoms with Crippen LogP contribution in [0.3, 0.4) is 0 Å². The second kappa shape index (κ2) is 9.26. The van der Waals surface area contributed by atoms with E-state index in [4.69, 9.17) is 9.15 Å². The van der Waals surface area contributed by atoms with Gasteiger partial charge in [-0.1, -0.05) is 38.3 Å². The zero-order chi connectivity index (χ0) is 20.9. The lowest BCUT2D eigenvalue weighted by Gasteiger charge is -2.29. The highest BCUT2D eigenvalue weighted by Gasteiger charge is 2.35. The Bertz CT molecular complexity index is 807. The van der Waals surface area contributed by atoms with Crippen molar-refractivity contribution >= 4 is 0 Å². The number of rotatable bonds is 10. The number of para-hydroxylation sites is 1. The SMILES string of the molecule is C=C(C)C(O)(C(=C)C)c1ccc(CN(Cc2ccccc2OC)[C@H](C)CC)o1. The van der Waals surface area contributed by atoms with Gasteiger partial charge in [-0.25, -0.2) is 0 Å². The molecular weight excluding hydrogens is 350 g/mol. The van der Waals surface area contributed by atoms with Gasteiger partial charge in [0.2, 0.25) is 0 Å². The maximum absolute atomic E-state index is 11.0. The number of furan rings is 1. The highest BCUT2D eigenvalue weighted by Crippen LogP contribution is 2.36. The normalized spacial score (nSPS) is 12.8. The van der Waals surface area contributed by atoms with E-state index in [1.807, 2.05) is 30.3 Å². The topological polar surface area (TPSA) is 45.8 Å². The van der Waals surface area contributed by atoms with E-state index < -0.39 is 5.60 Å². The molecule has 28 heavy (non-hydrogen) atoms. The standard InChI is InChI=1S/C24H33NO3/c1-8-19(6)25(15-20-11-9-10-12-22(20)27-7)16-21-13-14-23(28-21)24(26,17(2)3)18(4)5/h9-14,19,26H,2,4,8,15-16H2,1,3,5-7H3/t19-/m1/s1. The Hall–Kier alpha value is -2.30. The van der Waals surface area contributed by atoms with E-state index in [1.165, 1.54) is 0 Å². The van der Waals surface area contributed by atoms with Crippen molar-refractivity contribution in [2.24, 2.45) is 0 Å². The Morgan fingerprint density at radius 2 is 1.79 bits per heavy atom. The molecule has 0 aliphatic rings. The third-order valence-corrected chi connectivity index (χ3v) is 5.39. The smallest absolute Gasteiger partial charge is 0.163 e. The zero-order valence-corrected chi connectivity index (χ0v) is 17.8. The molecule has 4 nitrogen and oxygen atoms in total. The number of benzene rings is 1. The van der Waals surface area contributed by atoms with Gasteiger partial charge in [0.15, 0.2) is 5.60 Å². The fourth-order valence-electron chi connectivity index (χ4n) is 3.32.